The van der Waals surface area contributed by atoms with Crippen molar-refractivity contribution in [3.05, 3.63) is 30.3 Å². The number of aromatic amines is 1. The number of H-pyrrole nitrogens is 1. The number of furan rings is 1. The third-order valence-electron chi connectivity index (χ3n) is 2.98. The van der Waals surface area contributed by atoms with Crippen LogP contribution in [0.1, 0.15) is 0 Å². The van der Waals surface area contributed by atoms with E-state index in [-0.39, 0.29) is 5.95 Å². The van der Waals surface area contributed by atoms with E-state index in [1.165, 1.54) is 0 Å². The van der Waals surface area contributed by atoms with Crippen LogP contribution < -0.4 is 15.2 Å². The molecule has 21 heavy (non-hydrogen) atoms. The van der Waals surface area contributed by atoms with E-state index in [0.29, 0.717) is 28.8 Å². The molecule has 108 valence electrons. The first-order valence-corrected chi connectivity index (χ1v) is 6.21. The largest absolute Gasteiger partial charge is 0.497 e. The topological polar surface area (TPSA) is 99.2 Å². The molecule has 0 unspecified atom stereocenters. The third kappa shape index (κ3) is 2.53. The Bertz CT molecular complexity index is 741. The Hall–Kier alpha value is -2.96. The third-order valence-corrected chi connectivity index (χ3v) is 2.98. The maximum atomic E-state index is 5.77. The van der Waals surface area contributed by atoms with Gasteiger partial charge in [0.1, 0.15) is 17.3 Å². The number of hydrogen-bond donors (Lipinski definition) is 2. The van der Waals surface area contributed by atoms with Crippen LogP contribution in [0.25, 0.3) is 22.9 Å². The van der Waals surface area contributed by atoms with Gasteiger partial charge in [-0.05, 0) is 24.3 Å². The quantitative estimate of drug-likeness (QED) is 0.763. The first-order valence-electron chi connectivity index (χ1n) is 6.21. The number of aromatic nitrogens is 3. The minimum Gasteiger partial charge on any atom is -0.497 e. The number of nitrogens with two attached hydrogens (primary N) is 1. The molecule has 0 amide bonds. The summed E-state index contributed by atoms with van der Waals surface area (Å²) in [5.74, 6) is 3.24. The maximum Gasteiger partial charge on any atom is 0.239 e. The molecule has 0 atom stereocenters. The van der Waals surface area contributed by atoms with Gasteiger partial charge in [-0.15, -0.1) is 5.10 Å². The molecule has 1 aromatic carbocycles. The molecule has 0 radical (unpaired) electrons. The minimum atomic E-state index is 0.172. The summed E-state index contributed by atoms with van der Waals surface area (Å²) in [5.41, 5.74) is 6.32. The molecule has 0 aliphatic rings. The Balaban J connectivity index is 1.99. The fourth-order valence-electron chi connectivity index (χ4n) is 1.95. The average molecular weight is 286 g/mol. The zero-order chi connectivity index (χ0) is 14.8. The van der Waals surface area contributed by atoms with Crippen LogP contribution in [0.3, 0.4) is 0 Å². The summed E-state index contributed by atoms with van der Waals surface area (Å²) in [6.07, 6.45) is 0. The molecule has 0 fully saturated rings. The van der Waals surface area contributed by atoms with Crippen LogP contribution in [0.5, 0.6) is 11.5 Å². The van der Waals surface area contributed by atoms with Gasteiger partial charge >= 0.3 is 0 Å². The van der Waals surface area contributed by atoms with Crippen LogP contribution in [0.4, 0.5) is 5.95 Å². The molecule has 0 aliphatic heterocycles. The summed E-state index contributed by atoms with van der Waals surface area (Å²) in [6.45, 7) is 0. The fraction of sp³-hybridized carbons (Fsp3) is 0.143. The van der Waals surface area contributed by atoms with E-state index < -0.39 is 0 Å². The zero-order valence-corrected chi connectivity index (χ0v) is 11.6. The first-order chi connectivity index (χ1) is 10.2. The lowest BCUT2D eigenvalue weighted by Gasteiger charge is -2.06. The minimum absolute atomic E-state index is 0.172. The summed E-state index contributed by atoms with van der Waals surface area (Å²) in [7, 11) is 3.20. The van der Waals surface area contributed by atoms with Crippen LogP contribution in [0.15, 0.2) is 34.7 Å². The van der Waals surface area contributed by atoms with Crippen molar-refractivity contribution >= 4 is 5.95 Å². The van der Waals surface area contributed by atoms with Crippen molar-refractivity contribution < 1.29 is 13.9 Å². The van der Waals surface area contributed by atoms with Gasteiger partial charge in [0.2, 0.25) is 5.95 Å². The number of nitrogen functional groups attached to an aromatic ring is 1. The Labute approximate surface area is 120 Å². The van der Waals surface area contributed by atoms with Gasteiger partial charge in [0, 0.05) is 11.6 Å². The summed E-state index contributed by atoms with van der Waals surface area (Å²) in [4.78, 5) is 4.02. The molecule has 0 saturated heterocycles. The second kappa shape index (κ2) is 5.20. The Morgan fingerprint density at radius 2 is 1.71 bits per heavy atom. The Morgan fingerprint density at radius 3 is 2.29 bits per heavy atom. The highest BCUT2D eigenvalue weighted by molar-refractivity contribution is 5.65. The second-order valence-corrected chi connectivity index (χ2v) is 4.31. The standard InChI is InChI=1S/C14H14N4O3/c1-19-9-5-8(6-10(7-9)20-2)11-3-4-12(21-11)13-16-14(15)18-17-13/h3-7H,1-2H3,(H3,15,16,17,18). The Kier molecular flexibility index (Phi) is 3.23. The molecule has 3 aromatic rings. The zero-order valence-electron chi connectivity index (χ0n) is 11.6. The first kappa shape index (κ1) is 13.0. The Morgan fingerprint density at radius 1 is 1.05 bits per heavy atom. The summed E-state index contributed by atoms with van der Waals surface area (Å²) < 4.78 is 16.3. The number of benzene rings is 1. The van der Waals surface area contributed by atoms with Gasteiger partial charge in [0.15, 0.2) is 11.6 Å². The van der Waals surface area contributed by atoms with Crippen molar-refractivity contribution in [1.82, 2.24) is 15.2 Å². The highest BCUT2D eigenvalue weighted by Crippen LogP contribution is 2.32. The molecule has 0 aliphatic carbocycles. The SMILES string of the molecule is COc1cc(OC)cc(-c2ccc(-c3nc(N)n[nH]3)o2)c1. The molecule has 7 heteroatoms. The molecule has 0 saturated carbocycles. The van der Waals surface area contributed by atoms with Gasteiger partial charge in [-0.25, -0.2) is 0 Å². The number of ether oxygens (including phenoxy) is 2. The number of rotatable bonds is 4. The normalized spacial score (nSPS) is 10.6. The fourth-order valence-corrected chi connectivity index (χ4v) is 1.95. The maximum absolute atomic E-state index is 5.77. The molecule has 3 rings (SSSR count). The molecule has 3 N–H and O–H groups in total. The lowest BCUT2D eigenvalue weighted by atomic mass is 10.1. The lowest BCUT2D eigenvalue weighted by molar-refractivity contribution is 0.394. The number of anilines is 1. The van der Waals surface area contributed by atoms with E-state index in [1.807, 2.05) is 18.2 Å². The number of nitrogens with one attached hydrogen (secondary N) is 1. The van der Waals surface area contributed by atoms with Crippen molar-refractivity contribution in [3.8, 4) is 34.4 Å². The predicted molar refractivity (Wildman–Crippen MR) is 77.0 cm³/mol. The monoisotopic (exact) mass is 286 g/mol. The molecule has 0 bridgehead atoms. The molecule has 2 heterocycles. The molecular formula is C14H14N4O3. The van der Waals surface area contributed by atoms with Crippen molar-refractivity contribution in [2.24, 2.45) is 0 Å². The van der Waals surface area contributed by atoms with Crippen LogP contribution in [0, 0.1) is 0 Å². The number of hydrogen-bond acceptors (Lipinski definition) is 6. The van der Waals surface area contributed by atoms with Gasteiger partial charge in [-0.3, -0.25) is 5.10 Å². The number of methoxy groups -OCH3 is 2. The average Bonchev–Trinajstić information content (AvgIpc) is 3.15. The van der Waals surface area contributed by atoms with E-state index in [0.717, 1.165) is 5.56 Å². The molecule has 7 nitrogen and oxygen atoms in total. The highest BCUT2D eigenvalue weighted by Gasteiger charge is 2.12. The van der Waals surface area contributed by atoms with Gasteiger partial charge in [-0.2, -0.15) is 4.98 Å². The van der Waals surface area contributed by atoms with Crippen molar-refractivity contribution in [1.29, 1.82) is 0 Å². The second-order valence-electron chi connectivity index (χ2n) is 4.31. The van der Waals surface area contributed by atoms with Crippen molar-refractivity contribution in [3.63, 3.8) is 0 Å². The van der Waals surface area contributed by atoms with Crippen LogP contribution >= 0.6 is 0 Å². The van der Waals surface area contributed by atoms with E-state index in [1.54, 1.807) is 26.4 Å². The van der Waals surface area contributed by atoms with Gasteiger partial charge in [0.25, 0.3) is 0 Å². The van der Waals surface area contributed by atoms with Gasteiger partial charge in [0.05, 0.1) is 14.2 Å². The van der Waals surface area contributed by atoms with Crippen molar-refractivity contribution in [2.45, 2.75) is 0 Å². The van der Waals surface area contributed by atoms with Gasteiger partial charge in [-0.1, -0.05) is 0 Å². The van der Waals surface area contributed by atoms with E-state index in [9.17, 15) is 0 Å². The van der Waals surface area contributed by atoms with Crippen LogP contribution in [-0.4, -0.2) is 29.4 Å². The smallest absolute Gasteiger partial charge is 0.239 e. The van der Waals surface area contributed by atoms with Crippen molar-refractivity contribution in [2.75, 3.05) is 20.0 Å². The molecular weight excluding hydrogens is 272 g/mol. The van der Waals surface area contributed by atoms with Gasteiger partial charge < -0.3 is 19.6 Å². The predicted octanol–water partition coefficient (Wildman–Crippen LogP) is 2.33. The van der Waals surface area contributed by atoms with E-state index >= 15 is 0 Å². The molecule has 2 aromatic heterocycles. The summed E-state index contributed by atoms with van der Waals surface area (Å²) in [6, 6.07) is 9.15. The van der Waals surface area contributed by atoms with E-state index in [4.69, 9.17) is 19.6 Å². The number of nitrogens with zero attached hydrogens (tertiary/aromatic N) is 2. The van der Waals surface area contributed by atoms with Crippen LogP contribution in [-0.2, 0) is 0 Å². The summed E-state index contributed by atoms with van der Waals surface area (Å²) in [5, 5.41) is 6.47. The van der Waals surface area contributed by atoms with E-state index in [2.05, 4.69) is 15.2 Å². The summed E-state index contributed by atoms with van der Waals surface area (Å²) >= 11 is 0. The molecule has 0 spiro atoms. The van der Waals surface area contributed by atoms with Crippen LogP contribution in [0.2, 0.25) is 0 Å². The lowest BCUT2D eigenvalue weighted by Crippen LogP contribution is -1.88. The highest BCUT2D eigenvalue weighted by atomic mass is 16.5.